The Bertz CT molecular complexity index is 672. The zero-order chi connectivity index (χ0) is 33.8. The normalized spacial score (nSPS) is 13.7. The molecule has 272 valence electrons. The van der Waals surface area contributed by atoms with Crippen LogP contribution in [0.5, 0.6) is 0 Å². The molecule has 0 radical (unpaired) electrons. The molecule has 0 fully saturated rings. The fraction of sp³-hybridized carbons (Fsp3) is 0.925. The molecule has 0 aliphatic carbocycles. The summed E-state index contributed by atoms with van der Waals surface area (Å²) in [5, 5.41) is 25.9. The number of unbranched alkanes of at least 4 members (excludes halogenated alkanes) is 28. The Hall–Kier alpha value is -1.27. The lowest BCUT2D eigenvalue weighted by molar-refractivity contribution is -0.124. The van der Waals surface area contributed by atoms with Crippen LogP contribution in [0.2, 0.25) is 0 Å². The van der Waals surface area contributed by atoms with Gasteiger partial charge in [0.2, 0.25) is 5.91 Å². The third kappa shape index (κ3) is 30.1. The van der Waals surface area contributed by atoms with Crippen LogP contribution in [0.3, 0.4) is 0 Å². The molecule has 0 saturated heterocycles. The van der Waals surface area contributed by atoms with E-state index in [9.17, 15) is 19.9 Å². The number of nitroso groups, excluding NO2 is 1. The first-order chi connectivity index (χ1) is 22.6. The zero-order valence-electron chi connectivity index (χ0n) is 30.7. The van der Waals surface area contributed by atoms with Crippen LogP contribution in [0.1, 0.15) is 213 Å². The van der Waals surface area contributed by atoms with E-state index in [0.717, 1.165) is 32.1 Å². The third-order valence-electron chi connectivity index (χ3n) is 9.51. The van der Waals surface area contributed by atoms with Gasteiger partial charge in [-0.2, -0.15) is 0 Å². The quantitative estimate of drug-likeness (QED) is 0.0354. The summed E-state index contributed by atoms with van der Waals surface area (Å²) < 4.78 is 0. The van der Waals surface area contributed by atoms with Gasteiger partial charge in [0.05, 0.1) is 18.8 Å². The lowest BCUT2D eigenvalue weighted by Crippen LogP contribution is -2.48. The van der Waals surface area contributed by atoms with E-state index in [1.54, 1.807) is 6.08 Å². The van der Waals surface area contributed by atoms with Crippen molar-refractivity contribution < 1.29 is 15.0 Å². The summed E-state index contributed by atoms with van der Waals surface area (Å²) >= 11 is 0. The number of hydrogen-bond donors (Lipinski definition) is 3. The first-order valence-corrected chi connectivity index (χ1v) is 20.2. The van der Waals surface area contributed by atoms with E-state index in [-0.39, 0.29) is 6.61 Å². The van der Waals surface area contributed by atoms with Crippen molar-refractivity contribution in [2.75, 3.05) is 6.61 Å². The molecule has 46 heavy (non-hydrogen) atoms. The van der Waals surface area contributed by atoms with Crippen LogP contribution < -0.4 is 5.32 Å². The molecule has 3 atom stereocenters. The maximum Gasteiger partial charge on any atom is 0.248 e. The average molecular weight is 651 g/mol. The van der Waals surface area contributed by atoms with E-state index in [1.165, 1.54) is 161 Å². The number of nitrogens with zero attached hydrogens (tertiary/aromatic N) is 1. The molecule has 6 heteroatoms. The highest BCUT2D eigenvalue weighted by molar-refractivity contribution is 5.82. The maximum absolute atomic E-state index is 12.6. The van der Waals surface area contributed by atoms with Gasteiger partial charge in [-0.15, -0.1) is 4.91 Å². The molecule has 0 aromatic carbocycles. The summed E-state index contributed by atoms with van der Waals surface area (Å²) in [4.78, 5) is 24.0. The molecule has 1 amide bonds. The molecule has 0 aliphatic rings. The average Bonchev–Trinajstić information content (AvgIpc) is 3.06. The minimum atomic E-state index is -0.987. The number of nitrogens with one attached hydrogen (secondary N) is 1. The van der Waals surface area contributed by atoms with Crippen LogP contribution >= 0.6 is 0 Å². The molecule has 0 aromatic heterocycles. The van der Waals surface area contributed by atoms with Crippen LogP contribution in [0, 0.1) is 4.91 Å². The van der Waals surface area contributed by atoms with Crippen molar-refractivity contribution >= 4 is 5.91 Å². The molecule has 0 aromatic rings. The van der Waals surface area contributed by atoms with Gasteiger partial charge in [0.1, 0.15) is 0 Å². The Labute approximate surface area is 285 Å². The molecule has 3 N–H and O–H groups in total. The van der Waals surface area contributed by atoms with E-state index in [0.29, 0.717) is 6.42 Å². The molecule has 0 spiro atoms. The summed E-state index contributed by atoms with van der Waals surface area (Å²) in [6.45, 7) is 4.14. The van der Waals surface area contributed by atoms with Gasteiger partial charge in [0.15, 0.2) is 6.04 Å². The number of hydrogen-bond acceptors (Lipinski definition) is 5. The molecule has 0 heterocycles. The first-order valence-electron chi connectivity index (χ1n) is 20.2. The van der Waals surface area contributed by atoms with Crippen molar-refractivity contribution in [2.24, 2.45) is 5.18 Å². The fourth-order valence-corrected chi connectivity index (χ4v) is 6.29. The molecule has 6 nitrogen and oxygen atoms in total. The van der Waals surface area contributed by atoms with Gasteiger partial charge in [-0.05, 0) is 19.3 Å². The van der Waals surface area contributed by atoms with Gasteiger partial charge < -0.3 is 15.5 Å². The highest BCUT2D eigenvalue weighted by Gasteiger charge is 2.24. The minimum Gasteiger partial charge on any atom is -0.394 e. The van der Waals surface area contributed by atoms with Crippen molar-refractivity contribution in [3.8, 4) is 0 Å². The largest absolute Gasteiger partial charge is 0.394 e. The SMILES string of the molecule is CCCCCCCCCCCCC/C=C/C(O)C(CO)NC(=O)C(CCCCCCCCCCCCCCCCCCCC)N=O. The Kier molecular flexibility index (Phi) is 35.6. The van der Waals surface area contributed by atoms with Crippen molar-refractivity contribution in [1.29, 1.82) is 0 Å². The second-order valence-electron chi connectivity index (χ2n) is 14.0. The summed E-state index contributed by atoms with van der Waals surface area (Å²) in [6.07, 6.45) is 41.5. The predicted molar refractivity (Wildman–Crippen MR) is 198 cm³/mol. The van der Waals surface area contributed by atoms with E-state index in [4.69, 9.17) is 0 Å². The highest BCUT2D eigenvalue weighted by Crippen LogP contribution is 2.16. The second kappa shape index (κ2) is 36.6. The van der Waals surface area contributed by atoms with Crippen LogP contribution in [0.15, 0.2) is 17.3 Å². The molecular weight excluding hydrogens is 572 g/mol. The molecular formula is C40H78N2O4. The smallest absolute Gasteiger partial charge is 0.248 e. The van der Waals surface area contributed by atoms with E-state index in [2.05, 4.69) is 24.3 Å². The summed E-state index contributed by atoms with van der Waals surface area (Å²) in [5.41, 5.74) is 0. The monoisotopic (exact) mass is 651 g/mol. The second-order valence-corrected chi connectivity index (χ2v) is 14.0. The van der Waals surface area contributed by atoms with Crippen molar-refractivity contribution in [2.45, 2.75) is 231 Å². The van der Waals surface area contributed by atoms with E-state index < -0.39 is 24.1 Å². The lowest BCUT2D eigenvalue weighted by atomic mass is 10.0. The minimum absolute atomic E-state index is 0.388. The van der Waals surface area contributed by atoms with Crippen molar-refractivity contribution in [3.05, 3.63) is 17.1 Å². The summed E-state index contributed by atoms with van der Waals surface area (Å²) in [5.74, 6) is -0.501. The Morgan fingerprint density at radius 1 is 0.587 bits per heavy atom. The van der Waals surface area contributed by atoms with Crippen LogP contribution in [0.25, 0.3) is 0 Å². The Balaban J connectivity index is 3.79. The van der Waals surface area contributed by atoms with Gasteiger partial charge in [-0.25, -0.2) is 0 Å². The third-order valence-corrected chi connectivity index (χ3v) is 9.51. The predicted octanol–water partition coefficient (Wildman–Crippen LogP) is 11.6. The summed E-state index contributed by atoms with van der Waals surface area (Å²) in [6, 6.07) is -1.80. The van der Waals surface area contributed by atoms with E-state index in [1.807, 2.05) is 6.08 Å². The number of carbonyl (C=O) groups is 1. The topological polar surface area (TPSA) is 99.0 Å². The van der Waals surface area contributed by atoms with Gasteiger partial charge >= 0.3 is 0 Å². The zero-order valence-corrected chi connectivity index (χ0v) is 30.7. The number of amides is 1. The van der Waals surface area contributed by atoms with Crippen LogP contribution in [-0.4, -0.2) is 40.9 Å². The molecule has 0 bridgehead atoms. The number of allylic oxidation sites excluding steroid dienone is 1. The van der Waals surface area contributed by atoms with Crippen molar-refractivity contribution in [3.63, 3.8) is 0 Å². The molecule has 0 rings (SSSR count). The van der Waals surface area contributed by atoms with Crippen LogP contribution in [-0.2, 0) is 4.79 Å². The molecule has 0 aliphatic heterocycles. The van der Waals surface area contributed by atoms with Gasteiger partial charge in [-0.1, -0.05) is 211 Å². The molecule has 3 unspecified atom stereocenters. The Morgan fingerprint density at radius 3 is 1.28 bits per heavy atom. The van der Waals surface area contributed by atoms with Crippen molar-refractivity contribution in [1.82, 2.24) is 5.32 Å². The number of rotatable bonds is 37. The number of carbonyl (C=O) groups excluding carboxylic acids is 1. The number of aliphatic hydroxyl groups is 2. The van der Waals surface area contributed by atoms with Gasteiger partial charge in [-0.3, -0.25) is 4.79 Å². The van der Waals surface area contributed by atoms with E-state index >= 15 is 0 Å². The standard InChI is InChI=1S/C40H78N2O4/c1-3-5-7-9-11-13-15-17-18-19-20-21-23-24-26-28-30-32-34-37(42-46)40(45)41-38(36-43)39(44)35-33-31-29-27-25-22-16-14-12-10-8-6-4-2/h33,35,37-39,43-44H,3-32,34,36H2,1-2H3,(H,41,45)/b35-33+. The number of aliphatic hydroxyl groups excluding tert-OH is 2. The lowest BCUT2D eigenvalue weighted by Gasteiger charge is -2.21. The maximum atomic E-state index is 12.6. The summed E-state index contributed by atoms with van der Waals surface area (Å²) in [7, 11) is 0. The van der Waals surface area contributed by atoms with Crippen LogP contribution in [0.4, 0.5) is 0 Å². The highest BCUT2D eigenvalue weighted by atomic mass is 16.3. The van der Waals surface area contributed by atoms with Gasteiger partial charge in [0.25, 0.3) is 0 Å². The fourth-order valence-electron chi connectivity index (χ4n) is 6.29. The van der Waals surface area contributed by atoms with Gasteiger partial charge in [0, 0.05) is 0 Å². The Morgan fingerprint density at radius 2 is 0.935 bits per heavy atom. The first kappa shape index (κ1) is 44.7. The molecule has 0 saturated carbocycles.